The maximum absolute atomic E-state index is 13.1. The summed E-state index contributed by atoms with van der Waals surface area (Å²) in [7, 11) is 1.63. The molecule has 8 nitrogen and oxygen atoms in total. The number of carbonyl (C=O) groups excluding carboxylic acids is 1. The van der Waals surface area contributed by atoms with Crippen molar-refractivity contribution in [2.75, 3.05) is 40.9 Å². The van der Waals surface area contributed by atoms with Gasteiger partial charge in [-0.2, -0.15) is 0 Å². The minimum Gasteiger partial charge on any atom is -0.391 e. The fourth-order valence-electron chi connectivity index (χ4n) is 11.7. The van der Waals surface area contributed by atoms with E-state index in [0.717, 1.165) is 70.6 Å². The number of unbranched alkanes of at least 4 members (excludes halogenated alkanes) is 48. The van der Waals surface area contributed by atoms with Crippen LogP contribution in [0.25, 0.3) is 0 Å². The van der Waals surface area contributed by atoms with E-state index in [1.54, 1.807) is 0 Å². The molecule has 0 aromatic carbocycles. The Bertz CT molecular complexity index is 1600. The van der Waals surface area contributed by atoms with E-state index in [4.69, 9.17) is 9.05 Å². The summed E-state index contributed by atoms with van der Waals surface area (Å²) in [6, 6.07) is -0.762. The molecule has 0 fully saturated rings. The van der Waals surface area contributed by atoms with Crippen LogP contribution in [-0.4, -0.2) is 73.4 Å². The molecule has 0 spiro atoms. The Morgan fingerprint density at radius 3 is 1.01 bits per heavy atom. The average molecular weight is 1240 g/mol. The van der Waals surface area contributed by atoms with E-state index >= 15 is 0 Å². The molecule has 0 aliphatic heterocycles. The molecule has 0 rings (SSSR count). The molecule has 0 aromatic heterocycles. The average Bonchev–Trinajstić information content (AvgIpc) is 3.69. The number of quaternary nitrogens is 1. The first-order chi connectivity index (χ1) is 42.5. The second-order valence-electron chi connectivity index (χ2n) is 27.4. The highest BCUT2D eigenvalue weighted by atomic mass is 31.2. The molecule has 0 aromatic rings. The summed E-state index contributed by atoms with van der Waals surface area (Å²) < 4.78 is 23.9. The zero-order valence-electron chi connectivity index (χ0n) is 58.8. The molecule has 0 bridgehead atoms. The Hall–Kier alpha value is -1.80. The molecule has 9 heteroatoms. The lowest BCUT2D eigenvalue weighted by Gasteiger charge is -2.26. The summed E-state index contributed by atoms with van der Waals surface area (Å²) in [6.45, 7) is 4.83. The van der Waals surface area contributed by atoms with E-state index < -0.39 is 20.0 Å². The van der Waals surface area contributed by atoms with Crippen LogP contribution in [0.3, 0.4) is 0 Å². The maximum atomic E-state index is 13.1. The number of carbonyl (C=O) groups is 1. The molecule has 0 aliphatic rings. The third kappa shape index (κ3) is 71.5. The summed E-state index contributed by atoms with van der Waals surface area (Å²) in [5.74, 6) is -0.136. The minimum atomic E-state index is -4.33. The van der Waals surface area contributed by atoms with Gasteiger partial charge in [0, 0.05) is 6.42 Å². The van der Waals surface area contributed by atoms with Crippen LogP contribution in [0.15, 0.2) is 60.8 Å². The smallest absolute Gasteiger partial charge is 0.391 e. The first-order valence-corrected chi connectivity index (χ1v) is 39.6. The van der Waals surface area contributed by atoms with Crippen molar-refractivity contribution < 1.29 is 32.9 Å². The summed E-state index contributed by atoms with van der Waals surface area (Å²) in [4.78, 5) is 23.5. The molecule has 3 N–H and O–H groups in total. The molecule has 512 valence electrons. The monoisotopic (exact) mass is 1240 g/mol. The molecule has 0 radical (unpaired) electrons. The van der Waals surface area contributed by atoms with Crippen LogP contribution in [0.2, 0.25) is 0 Å². The van der Waals surface area contributed by atoms with E-state index in [1.807, 2.05) is 21.1 Å². The summed E-state index contributed by atoms with van der Waals surface area (Å²) in [6.07, 6.45) is 94.9. The molecule has 0 saturated heterocycles. The lowest BCUT2D eigenvalue weighted by molar-refractivity contribution is -0.870. The molecule has 3 atom stereocenters. The molecule has 87 heavy (non-hydrogen) atoms. The van der Waals surface area contributed by atoms with E-state index in [2.05, 4.69) is 79.9 Å². The van der Waals surface area contributed by atoms with Crippen LogP contribution >= 0.6 is 7.82 Å². The van der Waals surface area contributed by atoms with E-state index in [0.29, 0.717) is 23.9 Å². The largest absolute Gasteiger partial charge is 0.472 e. The van der Waals surface area contributed by atoms with Crippen molar-refractivity contribution in [3.63, 3.8) is 0 Å². The third-order valence-electron chi connectivity index (χ3n) is 17.5. The zero-order valence-corrected chi connectivity index (χ0v) is 59.7. The van der Waals surface area contributed by atoms with Gasteiger partial charge in [-0.3, -0.25) is 13.8 Å². The van der Waals surface area contributed by atoms with Crippen molar-refractivity contribution in [3.8, 4) is 0 Å². The highest BCUT2D eigenvalue weighted by Gasteiger charge is 2.28. The number of rotatable bonds is 71. The third-order valence-corrected chi connectivity index (χ3v) is 18.5. The van der Waals surface area contributed by atoms with Gasteiger partial charge in [0.05, 0.1) is 39.9 Å². The molecule has 1 amide bonds. The topological polar surface area (TPSA) is 105 Å². The van der Waals surface area contributed by atoms with Gasteiger partial charge in [-0.15, -0.1) is 0 Å². The Kier molecular flexibility index (Phi) is 67.1. The van der Waals surface area contributed by atoms with Gasteiger partial charge in [0.15, 0.2) is 0 Å². The van der Waals surface area contributed by atoms with Gasteiger partial charge >= 0.3 is 7.82 Å². The molecular formula is C78H150N2O6P+. The highest BCUT2D eigenvalue weighted by molar-refractivity contribution is 7.47. The van der Waals surface area contributed by atoms with E-state index in [-0.39, 0.29) is 19.1 Å². The van der Waals surface area contributed by atoms with Gasteiger partial charge in [0.25, 0.3) is 0 Å². The van der Waals surface area contributed by atoms with Crippen LogP contribution in [0, 0.1) is 0 Å². The maximum Gasteiger partial charge on any atom is 0.472 e. The molecule has 0 saturated carbocycles. The second kappa shape index (κ2) is 68.6. The Morgan fingerprint density at radius 1 is 0.402 bits per heavy atom. The van der Waals surface area contributed by atoms with Crippen LogP contribution < -0.4 is 5.32 Å². The number of amides is 1. The number of aliphatic hydroxyl groups excluding tert-OH is 1. The van der Waals surface area contributed by atoms with Crippen molar-refractivity contribution in [2.24, 2.45) is 0 Å². The number of nitrogens with zero attached hydrogens (tertiary/aromatic N) is 1. The summed E-state index contributed by atoms with van der Waals surface area (Å²) in [5.41, 5.74) is 0. The highest BCUT2D eigenvalue weighted by Crippen LogP contribution is 2.43. The number of likely N-dealkylation sites (N-methyl/N-ethyl adjacent to an activating group) is 1. The van der Waals surface area contributed by atoms with Gasteiger partial charge in [0.1, 0.15) is 13.2 Å². The fourth-order valence-corrected chi connectivity index (χ4v) is 12.4. The number of phosphoric acid groups is 1. The first kappa shape index (κ1) is 85.2. The van der Waals surface area contributed by atoms with Crippen molar-refractivity contribution >= 4 is 13.7 Å². The Labute approximate surface area is 542 Å². The quantitative estimate of drug-likeness (QED) is 0.0243. The number of allylic oxidation sites excluding steroid dienone is 10. The van der Waals surface area contributed by atoms with Gasteiger partial charge in [-0.05, 0) is 57.8 Å². The van der Waals surface area contributed by atoms with Crippen molar-refractivity contribution in [2.45, 2.75) is 392 Å². The lowest BCUT2D eigenvalue weighted by Crippen LogP contribution is -2.46. The van der Waals surface area contributed by atoms with Crippen molar-refractivity contribution in [1.29, 1.82) is 0 Å². The number of phosphoric ester groups is 1. The number of nitrogens with one attached hydrogen (secondary N) is 1. The van der Waals surface area contributed by atoms with Crippen LogP contribution in [-0.2, 0) is 18.4 Å². The Morgan fingerprint density at radius 2 is 0.690 bits per heavy atom. The summed E-state index contributed by atoms with van der Waals surface area (Å²) >= 11 is 0. The standard InChI is InChI=1S/C78H149N2O6P/c1-6-8-10-12-14-16-18-20-22-24-26-28-30-32-34-35-36-37-38-39-40-41-42-43-44-45-46-48-50-52-54-56-58-60-62-64-66-68-70-72-78(82)79-76(75-86-87(83,84)85-74-73-80(3,4)5)77(81)71-69-67-65-63-61-59-57-55-53-51-49-47-33-31-29-27-25-23-21-19-17-15-13-11-9-7-2/h8,10,14,16,20,22,26,28,32,34,76-77,81H,6-7,9,11-13,15,17-19,21,23-25,27,29-31,33,35-75H2,1-5H3,(H-,79,82,83,84)/p+1/b10-8-,16-14-,22-20-,28-26-,34-32-. The van der Waals surface area contributed by atoms with Crippen molar-refractivity contribution in [3.05, 3.63) is 60.8 Å². The van der Waals surface area contributed by atoms with Gasteiger partial charge < -0.3 is 19.8 Å². The van der Waals surface area contributed by atoms with Gasteiger partial charge in [-0.1, -0.05) is 376 Å². The van der Waals surface area contributed by atoms with Gasteiger partial charge in [-0.25, -0.2) is 4.57 Å². The number of aliphatic hydroxyl groups is 1. The zero-order chi connectivity index (χ0) is 63.4. The predicted octanol–water partition coefficient (Wildman–Crippen LogP) is 24.7. The lowest BCUT2D eigenvalue weighted by atomic mass is 10.0. The second-order valence-corrected chi connectivity index (χ2v) is 28.8. The molecule has 3 unspecified atom stereocenters. The van der Waals surface area contributed by atoms with Crippen LogP contribution in [0.5, 0.6) is 0 Å². The predicted molar refractivity (Wildman–Crippen MR) is 383 cm³/mol. The van der Waals surface area contributed by atoms with Crippen LogP contribution in [0.4, 0.5) is 0 Å². The van der Waals surface area contributed by atoms with Gasteiger partial charge in [0.2, 0.25) is 5.91 Å². The van der Waals surface area contributed by atoms with E-state index in [9.17, 15) is 19.4 Å². The molecule has 0 heterocycles. The van der Waals surface area contributed by atoms with Crippen molar-refractivity contribution in [1.82, 2.24) is 5.32 Å². The normalized spacial score (nSPS) is 13.9. The summed E-state index contributed by atoms with van der Waals surface area (Å²) in [5, 5.41) is 14.2. The molecule has 0 aliphatic carbocycles. The minimum absolute atomic E-state index is 0.0764. The Balaban J connectivity index is 3.92. The first-order valence-electron chi connectivity index (χ1n) is 38.2. The SMILES string of the molecule is CC/C=C\C/C=C\C/C=C\C/C=C\C/C=C\CCCCCCCCCCCCCCCCCCCCCCCCCC(=O)NC(COP(=O)(O)OCC[N+](C)(C)C)C(O)CCCCCCCCCCCCCCCCCCCCCCCCCCCC. The molecular weight excluding hydrogens is 1090 g/mol. The van der Waals surface area contributed by atoms with E-state index in [1.165, 1.54) is 283 Å². The number of hydrogen-bond acceptors (Lipinski definition) is 5. The fraction of sp³-hybridized carbons (Fsp3) is 0.859. The number of hydrogen-bond donors (Lipinski definition) is 3. The van der Waals surface area contributed by atoms with Crippen LogP contribution in [0.1, 0.15) is 380 Å².